The number of nitrogens with one attached hydrogen (secondary N) is 1. The zero-order valence-corrected chi connectivity index (χ0v) is 31.9. The third-order valence-electron chi connectivity index (χ3n) is 13.7. The number of fused-ring (bicyclic) bond motifs is 3. The third kappa shape index (κ3) is 6.59. The highest BCUT2D eigenvalue weighted by Crippen LogP contribution is 2.47. The molecule has 0 radical (unpaired) electrons. The smallest absolute Gasteiger partial charge is 0.257 e. The van der Waals surface area contributed by atoms with E-state index in [1.165, 1.54) is 27.3 Å². The van der Waals surface area contributed by atoms with Crippen LogP contribution in [0.4, 0.5) is 10.1 Å². The van der Waals surface area contributed by atoms with E-state index in [4.69, 9.17) is 0 Å². The molecule has 294 valence electrons. The van der Waals surface area contributed by atoms with Crippen molar-refractivity contribution in [2.75, 3.05) is 37.6 Å². The average Bonchev–Trinajstić information content (AvgIpc) is 3.72. The van der Waals surface area contributed by atoms with Crippen molar-refractivity contribution in [3.63, 3.8) is 0 Å². The molecule has 5 aliphatic heterocycles. The molecule has 0 bridgehead atoms. The number of aliphatic hydroxyl groups excluding tert-OH is 1. The predicted octanol–water partition coefficient (Wildman–Crippen LogP) is 5.56. The first-order valence-electron chi connectivity index (χ1n) is 20.6. The maximum atomic E-state index is 13.8. The minimum Gasteiger partial charge on any atom is -0.508 e. The summed E-state index contributed by atoms with van der Waals surface area (Å²) in [5.74, 6) is -0.159. The molecular weight excluding hydrogens is 722 g/mol. The SMILES string of the molecule is O=C1CCC(N2C(=O)c3cc4c(cc3C2O)CN(C2CCN(CC3CN(c5ccc([C@@H]6c7ccc(O)cc7CC[C@@H]6c6ccc(F)cc6)cc5)C3)CC2)C4)C(=O)N1. The van der Waals surface area contributed by atoms with Crippen molar-refractivity contribution in [2.45, 2.75) is 81.8 Å². The van der Waals surface area contributed by atoms with Gasteiger partial charge in [0.05, 0.1) is 0 Å². The molecular formula is C46H48FN5O5. The summed E-state index contributed by atoms with van der Waals surface area (Å²) in [5.41, 5.74) is 9.31. The largest absolute Gasteiger partial charge is 0.508 e. The van der Waals surface area contributed by atoms with Crippen LogP contribution >= 0.6 is 0 Å². The molecule has 10 nitrogen and oxygen atoms in total. The summed E-state index contributed by atoms with van der Waals surface area (Å²) in [6, 6.07) is 25.2. The normalized spacial score (nSPS) is 25.6. The minimum absolute atomic E-state index is 0.131. The van der Waals surface area contributed by atoms with Crippen molar-refractivity contribution in [1.82, 2.24) is 20.0 Å². The Balaban J connectivity index is 0.724. The molecule has 4 atom stereocenters. The van der Waals surface area contributed by atoms with Gasteiger partial charge in [-0.15, -0.1) is 0 Å². The van der Waals surface area contributed by atoms with E-state index in [0.717, 1.165) is 88.2 Å². The number of rotatable bonds is 7. The number of amides is 3. The van der Waals surface area contributed by atoms with Gasteiger partial charge >= 0.3 is 0 Å². The van der Waals surface area contributed by atoms with E-state index in [0.29, 0.717) is 28.8 Å². The lowest BCUT2D eigenvalue weighted by Crippen LogP contribution is -2.53. The number of aliphatic hydroxyl groups is 1. The number of anilines is 1. The van der Waals surface area contributed by atoms with Gasteiger partial charge in [0.25, 0.3) is 5.91 Å². The zero-order valence-electron chi connectivity index (χ0n) is 31.9. The van der Waals surface area contributed by atoms with Gasteiger partial charge in [-0.3, -0.25) is 29.5 Å². The van der Waals surface area contributed by atoms with Gasteiger partial charge in [0.1, 0.15) is 17.6 Å². The Labute approximate surface area is 331 Å². The average molecular weight is 770 g/mol. The fourth-order valence-electron chi connectivity index (χ4n) is 10.7. The van der Waals surface area contributed by atoms with Gasteiger partial charge in [0, 0.05) is 73.8 Å². The molecule has 0 saturated carbocycles. The molecule has 0 spiro atoms. The highest BCUT2D eigenvalue weighted by atomic mass is 19.1. The summed E-state index contributed by atoms with van der Waals surface area (Å²) < 4.78 is 13.8. The van der Waals surface area contributed by atoms with E-state index >= 15 is 0 Å². The number of halogens is 1. The monoisotopic (exact) mass is 769 g/mol. The van der Waals surface area contributed by atoms with E-state index in [1.807, 2.05) is 30.3 Å². The standard InChI is InChI=1S/C46H48FN5O5/c47-33-6-1-28(2-7-33)37-11-5-30-19-36(53)10-12-38(30)43(37)29-3-8-34(9-4-29)50-23-27(24-50)22-49-17-15-35(16-18-49)51-25-31-20-39-40(21-32(31)26-51)46(57)52(45(39)56)41-13-14-42(54)48-44(41)55/h1-4,6-10,12,19-21,27,35,37,41,43,45,53,56H,5,11,13-18,22-26H2,(H,48,54,55)/t37-,41?,43+,45?/m1/s1. The fraction of sp³-hybridized carbons (Fsp3) is 0.413. The molecule has 5 heterocycles. The summed E-state index contributed by atoms with van der Waals surface area (Å²) >= 11 is 0. The molecule has 4 aromatic carbocycles. The van der Waals surface area contributed by atoms with E-state index in [-0.39, 0.29) is 42.3 Å². The molecule has 4 aromatic rings. The Morgan fingerprint density at radius 3 is 2.21 bits per heavy atom. The fourth-order valence-corrected chi connectivity index (χ4v) is 10.7. The van der Waals surface area contributed by atoms with Crippen LogP contribution in [0.3, 0.4) is 0 Å². The van der Waals surface area contributed by atoms with Gasteiger partial charge in [-0.25, -0.2) is 4.39 Å². The first kappa shape index (κ1) is 36.3. The summed E-state index contributed by atoms with van der Waals surface area (Å²) in [6.07, 6.45) is 3.18. The molecule has 3 N–H and O–H groups in total. The Bertz CT molecular complexity index is 2230. The maximum Gasteiger partial charge on any atom is 0.257 e. The van der Waals surface area contributed by atoms with Gasteiger partial charge in [-0.05, 0) is 133 Å². The molecule has 11 heteroatoms. The van der Waals surface area contributed by atoms with Crippen LogP contribution in [0, 0.1) is 11.7 Å². The van der Waals surface area contributed by atoms with Crippen molar-refractivity contribution >= 4 is 23.4 Å². The van der Waals surface area contributed by atoms with Crippen molar-refractivity contribution in [2.24, 2.45) is 5.92 Å². The third-order valence-corrected chi connectivity index (χ3v) is 13.7. The number of likely N-dealkylation sites (tertiary alicyclic amines) is 1. The molecule has 2 unspecified atom stereocenters. The number of benzene rings is 4. The number of aryl methyl sites for hydroxylation is 1. The van der Waals surface area contributed by atoms with Gasteiger partial charge < -0.3 is 20.0 Å². The van der Waals surface area contributed by atoms with Crippen molar-refractivity contribution < 1.29 is 29.0 Å². The number of piperidine rings is 2. The van der Waals surface area contributed by atoms with E-state index in [2.05, 4.69) is 50.3 Å². The molecule has 10 rings (SSSR count). The van der Waals surface area contributed by atoms with Crippen LogP contribution in [0.1, 0.15) is 99.5 Å². The second kappa shape index (κ2) is 14.4. The number of hydrogen-bond donors (Lipinski definition) is 3. The number of aromatic hydroxyl groups is 1. The Kier molecular flexibility index (Phi) is 9.14. The Morgan fingerprint density at radius 1 is 0.754 bits per heavy atom. The maximum absolute atomic E-state index is 13.8. The molecule has 3 fully saturated rings. The van der Waals surface area contributed by atoms with E-state index in [9.17, 15) is 29.0 Å². The number of phenols is 1. The summed E-state index contributed by atoms with van der Waals surface area (Å²) in [5, 5.41) is 23.7. The van der Waals surface area contributed by atoms with E-state index in [1.54, 1.807) is 18.2 Å². The van der Waals surface area contributed by atoms with E-state index < -0.39 is 18.2 Å². The molecule has 1 aliphatic carbocycles. The van der Waals surface area contributed by atoms with Crippen LogP contribution in [-0.4, -0.2) is 87.4 Å². The van der Waals surface area contributed by atoms with Gasteiger partial charge in [0.15, 0.2) is 6.23 Å². The van der Waals surface area contributed by atoms with Crippen molar-refractivity contribution in [3.8, 4) is 5.75 Å². The van der Waals surface area contributed by atoms with Gasteiger partial charge in [-0.1, -0.05) is 30.3 Å². The first-order valence-corrected chi connectivity index (χ1v) is 20.6. The number of nitrogens with zero attached hydrogens (tertiary/aromatic N) is 4. The topological polar surface area (TPSA) is 117 Å². The quantitative estimate of drug-likeness (QED) is 0.210. The number of carbonyl (C=O) groups excluding carboxylic acids is 3. The van der Waals surface area contributed by atoms with Crippen LogP contribution in [-0.2, 0) is 29.1 Å². The predicted molar refractivity (Wildman–Crippen MR) is 212 cm³/mol. The van der Waals surface area contributed by atoms with Crippen LogP contribution in [0.2, 0.25) is 0 Å². The lowest BCUT2D eigenvalue weighted by molar-refractivity contribution is -0.139. The van der Waals surface area contributed by atoms with Gasteiger partial charge in [0.2, 0.25) is 11.8 Å². The summed E-state index contributed by atoms with van der Waals surface area (Å²) in [6.45, 7) is 6.87. The molecule has 57 heavy (non-hydrogen) atoms. The van der Waals surface area contributed by atoms with Gasteiger partial charge in [-0.2, -0.15) is 0 Å². The highest BCUT2D eigenvalue weighted by Gasteiger charge is 2.45. The zero-order chi connectivity index (χ0) is 38.9. The lowest BCUT2D eigenvalue weighted by Gasteiger charge is -2.45. The number of carbonyl (C=O) groups is 3. The Morgan fingerprint density at radius 2 is 1.47 bits per heavy atom. The second-order valence-corrected chi connectivity index (χ2v) is 17.1. The van der Waals surface area contributed by atoms with Crippen LogP contribution in [0.25, 0.3) is 0 Å². The number of hydrogen-bond acceptors (Lipinski definition) is 8. The highest BCUT2D eigenvalue weighted by molar-refractivity contribution is 6.05. The minimum atomic E-state index is -1.20. The second-order valence-electron chi connectivity index (χ2n) is 17.1. The Hall–Kier alpha value is -5.10. The summed E-state index contributed by atoms with van der Waals surface area (Å²) in [4.78, 5) is 46.4. The van der Waals surface area contributed by atoms with Crippen molar-refractivity contribution in [1.29, 1.82) is 0 Å². The van der Waals surface area contributed by atoms with Crippen LogP contribution < -0.4 is 10.2 Å². The summed E-state index contributed by atoms with van der Waals surface area (Å²) in [7, 11) is 0. The molecule has 3 amide bonds. The molecule has 3 saturated heterocycles. The number of imide groups is 1. The van der Waals surface area contributed by atoms with Crippen molar-refractivity contribution in [3.05, 3.63) is 129 Å². The van der Waals surface area contributed by atoms with Crippen LogP contribution in [0.5, 0.6) is 5.75 Å². The molecule has 6 aliphatic rings. The van der Waals surface area contributed by atoms with Crippen LogP contribution in [0.15, 0.2) is 78.9 Å². The molecule has 0 aromatic heterocycles. The number of phenolic OH excluding ortho intramolecular Hbond substituents is 1. The first-order chi connectivity index (χ1) is 27.7. The lowest BCUT2D eigenvalue weighted by atomic mass is 9.69.